The van der Waals surface area contributed by atoms with E-state index in [1.165, 1.54) is 193 Å². The van der Waals surface area contributed by atoms with Gasteiger partial charge in [-0.15, -0.1) is 0 Å². The molecule has 0 radical (unpaired) electrons. The number of amides is 1. The minimum atomic E-state index is -0.0338. The van der Waals surface area contributed by atoms with Gasteiger partial charge in [-0.1, -0.05) is 227 Å². The van der Waals surface area contributed by atoms with Gasteiger partial charge in [-0.25, -0.2) is 0 Å². The zero-order chi connectivity index (χ0) is 49.3. The number of nitrogens with zero attached hydrogens (tertiary/aromatic N) is 2. The van der Waals surface area contributed by atoms with E-state index in [-0.39, 0.29) is 18.0 Å². The van der Waals surface area contributed by atoms with Gasteiger partial charge in [0.25, 0.3) is 0 Å². The smallest absolute Gasteiger partial charge is 0.305 e. The van der Waals surface area contributed by atoms with Gasteiger partial charge < -0.3 is 19.3 Å². The largest absolute Gasteiger partial charge is 0.465 e. The van der Waals surface area contributed by atoms with Crippen LogP contribution in [-0.2, 0) is 23.9 Å². The first-order valence-electron chi connectivity index (χ1n) is 30.0. The molecule has 1 amide bonds. The molecule has 0 spiro atoms. The van der Waals surface area contributed by atoms with Crippen molar-refractivity contribution in [2.45, 2.75) is 317 Å². The Hall–Kier alpha value is -1.63. The number of hydrogen-bond acceptors (Lipinski definition) is 6. The van der Waals surface area contributed by atoms with Gasteiger partial charge in [0.2, 0.25) is 5.91 Å². The number of carbonyl (C=O) groups is 3. The maximum atomic E-state index is 14.0. The van der Waals surface area contributed by atoms with E-state index in [4.69, 9.17) is 9.47 Å². The van der Waals surface area contributed by atoms with Crippen LogP contribution in [0.4, 0.5) is 0 Å². The first kappa shape index (κ1) is 65.4. The molecule has 0 aromatic heterocycles. The highest BCUT2D eigenvalue weighted by Gasteiger charge is 2.23. The molecule has 7 nitrogen and oxygen atoms in total. The van der Waals surface area contributed by atoms with Crippen molar-refractivity contribution < 1.29 is 23.9 Å². The van der Waals surface area contributed by atoms with Gasteiger partial charge in [-0.05, 0) is 96.7 Å². The summed E-state index contributed by atoms with van der Waals surface area (Å²) in [6.45, 7) is 14.3. The van der Waals surface area contributed by atoms with E-state index in [0.29, 0.717) is 50.2 Å². The van der Waals surface area contributed by atoms with Gasteiger partial charge in [-0.2, -0.15) is 0 Å². The van der Waals surface area contributed by atoms with E-state index in [1.54, 1.807) is 0 Å². The summed E-state index contributed by atoms with van der Waals surface area (Å²) in [5.74, 6) is 1.23. The van der Waals surface area contributed by atoms with Gasteiger partial charge in [0.15, 0.2) is 0 Å². The average Bonchev–Trinajstić information content (AvgIpc) is 3.31. The highest BCUT2D eigenvalue weighted by Crippen LogP contribution is 2.24. The molecule has 7 heteroatoms. The molecule has 0 aliphatic carbocycles. The van der Waals surface area contributed by atoms with Crippen molar-refractivity contribution in [3.63, 3.8) is 0 Å². The molecule has 0 N–H and O–H groups in total. The van der Waals surface area contributed by atoms with Crippen LogP contribution in [0.2, 0.25) is 0 Å². The highest BCUT2D eigenvalue weighted by atomic mass is 16.5. The summed E-state index contributed by atoms with van der Waals surface area (Å²) in [6, 6.07) is 0.205. The molecular formula is C60H118N2O5. The van der Waals surface area contributed by atoms with E-state index in [9.17, 15) is 14.4 Å². The second-order valence-corrected chi connectivity index (χ2v) is 21.4. The molecule has 0 rings (SSSR count). The van der Waals surface area contributed by atoms with Crippen LogP contribution >= 0.6 is 0 Å². The molecule has 0 bridgehead atoms. The van der Waals surface area contributed by atoms with Crippen molar-refractivity contribution >= 4 is 17.8 Å². The number of esters is 2. The number of ether oxygens (including phenoxy) is 2. The first-order valence-corrected chi connectivity index (χ1v) is 30.0. The van der Waals surface area contributed by atoms with Gasteiger partial charge in [0.05, 0.1) is 13.2 Å². The monoisotopic (exact) mass is 947 g/mol. The Morgan fingerprint density at radius 1 is 0.343 bits per heavy atom. The molecule has 67 heavy (non-hydrogen) atoms. The molecule has 0 aromatic rings. The molecule has 2 atom stereocenters. The van der Waals surface area contributed by atoms with E-state index < -0.39 is 0 Å². The fourth-order valence-electron chi connectivity index (χ4n) is 9.88. The molecule has 398 valence electrons. The first-order chi connectivity index (χ1) is 32.7. The van der Waals surface area contributed by atoms with Crippen LogP contribution < -0.4 is 0 Å². The average molecular weight is 948 g/mol. The summed E-state index contributed by atoms with van der Waals surface area (Å²) in [6.07, 6.45) is 49.3. The molecular weight excluding hydrogens is 829 g/mol. The number of hydrogen-bond donors (Lipinski definition) is 0. The molecule has 0 aromatic carbocycles. The van der Waals surface area contributed by atoms with Crippen molar-refractivity contribution in [1.82, 2.24) is 9.80 Å². The standard InChI is InChI=1S/C60H118N2O5/c1-8-13-18-23-26-29-40-52-62(58(63)48-41-51-61(6)7)57(46-36-30-38-49-59(64)66-53-55(42-32-21-16-11-4)44-34-27-24-19-14-9-2)47-37-31-39-50-60(65)67-54-56(43-33-22-17-12-5)45-35-28-25-20-15-10-3/h55-57H,8-54H2,1-7H3. The van der Waals surface area contributed by atoms with Gasteiger partial charge in [0.1, 0.15) is 0 Å². The van der Waals surface area contributed by atoms with Crippen molar-refractivity contribution in [2.24, 2.45) is 11.8 Å². The molecule has 0 saturated heterocycles. The molecule has 0 heterocycles. The summed E-state index contributed by atoms with van der Waals surface area (Å²) in [5.41, 5.74) is 0. The highest BCUT2D eigenvalue weighted by molar-refractivity contribution is 5.76. The van der Waals surface area contributed by atoms with Gasteiger partial charge >= 0.3 is 11.9 Å². The predicted molar refractivity (Wildman–Crippen MR) is 290 cm³/mol. The van der Waals surface area contributed by atoms with Crippen LogP contribution in [0.1, 0.15) is 311 Å². The molecule has 0 fully saturated rings. The zero-order valence-electron chi connectivity index (χ0n) is 46.4. The molecule has 0 aliphatic rings. The third-order valence-electron chi connectivity index (χ3n) is 14.4. The fourth-order valence-corrected chi connectivity index (χ4v) is 9.88. The second kappa shape index (κ2) is 50.7. The predicted octanol–water partition coefficient (Wildman–Crippen LogP) is 17.9. The van der Waals surface area contributed by atoms with E-state index in [0.717, 1.165) is 77.3 Å². The second-order valence-electron chi connectivity index (χ2n) is 21.4. The fraction of sp³-hybridized carbons (Fsp3) is 0.950. The quantitative estimate of drug-likeness (QED) is 0.0447. The van der Waals surface area contributed by atoms with Crippen molar-refractivity contribution in [2.75, 3.05) is 40.4 Å². The van der Waals surface area contributed by atoms with E-state index in [2.05, 4.69) is 58.5 Å². The summed E-state index contributed by atoms with van der Waals surface area (Å²) in [7, 11) is 4.17. The summed E-state index contributed by atoms with van der Waals surface area (Å²) in [4.78, 5) is 44.5. The minimum absolute atomic E-state index is 0.0338. The Balaban J connectivity index is 5.39. The normalized spacial score (nSPS) is 13.0. The number of carbonyl (C=O) groups excluding carboxylic acids is 3. The third kappa shape index (κ3) is 44.1. The van der Waals surface area contributed by atoms with Crippen LogP contribution in [0.15, 0.2) is 0 Å². The van der Waals surface area contributed by atoms with Gasteiger partial charge in [-0.3, -0.25) is 14.4 Å². The minimum Gasteiger partial charge on any atom is -0.465 e. The van der Waals surface area contributed by atoms with Crippen LogP contribution in [0.5, 0.6) is 0 Å². The SMILES string of the molecule is CCCCCCCCCN(C(=O)CCCN(C)C)C(CCCCCC(=O)OCC(CCCCCC)CCCCCCCC)CCCCCC(=O)OCC(CCCCCC)CCCCCCCC. The summed E-state index contributed by atoms with van der Waals surface area (Å²) >= 11 is 0. The van der Waals surface area contributed by atoms with Crippen LogP contribution in [0.3, 0.4) is 0 Å². The van der Waals surface area contributed by atoms with Gasteiger partial charge in [0, 0.05) is 31.8 Å². The lowest BCUT2D eigenvalue weighted by Crippen LogP contribution is -2.41. The zero-order valence-corrected chi connectivity index (χ0v) is 46.4. The lowest BCUT2D eigenvalue weighted by atomic mass is 9.95. The Labute approximate surface area is 419 Å². The van der Waals surface area contributed by atoms with Crippen LogP contribution in [-0.4, -0.2) is 74.1 Å². The summed E-state index contributed by atoms with van der Waals surface area (Å²) in [5, 5.41) is 0. The Bertz CT molecular complexity index is 1010. The summed E-state index contributed by atoms with van der Waals surface area (Å²) < 4.78 is 11.9. The number of unbranched alkanes of at least 4 members (excludes halogenated alkanes) is 26. The Kier molecular flexibility index (Phi) is 49.5. The third-order valence-corrected chi connectivity index (χ3v) is 14.4. The lowest BCUT2D eigenvalue weighted by Gasteiger charge is -2.33. The van der Waals surface area contributed by atoms with Crippen molar-refractivity contribution in [3.05, 3.63) is 0 Å². The van der Waals surface area contributed by atoms with Crippen molar-refractivity contribution in [1.29, 1.82) is 0 Å². The molecule has 0 saturated carbocycles. The van der Waals surface area contributed by atoms with Crippen molar-refractivity contribution in [3.8, 4) is 0 Å². The maximum Gasteiger partial charge on any atom is 0.305 e. The Morgan fingerprint density at radius 2 is 0.657 bits per heavy atom. The topological polar surface area (TPSA) is 76.2 Å². The van der Waals surface area contributed by atoms with E-state index >= 15 is 0 Å². The molecule has 0 aliphatic heterocycles. The van der Waals surface area contributed by atoms with E-state index in [1.807, 2.05) is 0 Å². The maximum absolute atomic E-state index is 14.0. The molecule has 2 unspecified atom stereocenters. The lowest BCUT2D eigenvalue weighted by molar-refractivity contribution is -0.146. The van der Waals surface area contributed by atoms with Crippen LogP contribution in [0.25, 0.3) is 0 Å². The number of rotatable bonds is 53. The Morgan fingerprint density at radius 3 is 1.03 bits per heavy atom. The van der Waals surface area contributed by atoms with Crippen LogP contribution in [0, 0.1) is 11.8 Å².